The highest BCUT2D eigenvalue weighted by Crippen LogP contribution is 2.36. The van der Waals surface area contributed by atoms with Gasteiger partial charge in [0.1, 0.15) is 5.75 Å². The summed E-state index contributed by atoms with van der Waals surface area (Å²) in [7, 11) is -0.357. The Morgan fingerprint density at radius 1 is 0.906 bits per heavy atom. The lowest BCUT2D eigenvalue weighted by Crippen LogP contribution is -2.41. The van der Waals surface area contributed by atoms with Gasteiger partial charge in [0.05, 0.1) is 29.5 Å². The van der Waals surface area contributed by atoms with Gasteiger partial charge in [-0.05, 0) is 83.8 Å². The topological polar surface area (TPSA) is 77.5 Å². The third-order valence-electron chi connectivity index (χ3n) is 7.43. The molecule has 0 atom stereocenters. The smallest absolute Gasteiger partial charge is 0.490 e. The molecule has 4 rings (SSSR count). The van der Waals surface area contributed by atoms with Crippen LogP contribution in [-0.4, -0.2) is 65.8 Å². The summed E-state index contributed by atoms with van der Waals surface area (Å²) in [6.07, 6.45) is 5.28. The predicted molar refractivity (Wildman–Crippen MR) is 123 cm³/mol. The zero-order valence-electron chi connectivity index (χ0n) is 19.7. The van der Waals surface area contributed by atoms with Crippen LogP contribution in [-0.2, 0) is 14.0 Å². The first-order valence-corrected chi connectivity index (χ1v) is 11.9. The van der Waals surface area contributed by atoms with E-state index in [1.165, 1.54) is 4.90 Å². The van der Waals surface area contributed by atoms with Crippen molar-refractivity contribution in [3.05, 3.63) is 24.3 Å². The molecule has 0 unspecified atom stereocenters. The minimum atomic E-state index is -0.829. The van der Waals surface area contributed by atoms with E-state index in [0.29, 0.717) is 13.1 Å². The molecule has 0 aromatic heterocycles. The van der Waals surface area contributed by atoms with Gasteiger partial charge in [-0.2, -0.15) is 0 Å². The molecule has 32 heavy (non-hydrogen) atoms. The Kier molecular flexibility index (Phi) is 6.75. The fourth-order valence-electron chi connectivity index (χ4n) is 4.62. The Hall–Kier alpha value is -1.77. The lowest BCUT2D eigenvalue weighted by molar-refractivity contribution is -0.0641. The zero-order chi connectivity index (χ0) is 22.9. The summed E-state index contributed by atoms with van der Waals surface area (Å²) >= 11 is 0. The molecule has 0 radical (unpaired) electrons. The second-order valence-corrected chi connectivity index (χ2v) is 10.3. The van der Waals surface area contributed by atoms with Gasteiger partial charge < -0.3 is 28.8 Å². The molecule has 7 nitrogen and oxygen atoms in total. The van der Waals surface area contributed by atoms with E-state index >= 15 is 0 Å². The highest BCUT2D eigenvalue weighted by Gasteiger charge is 2.51. The number of piperidine rings is 1. The van der Waals surface area contributed by atoms with E-state index in [1.807, 2.05) is 24.3 Å². The second-order valence-electron chi connectivity index (χ2n) is 10.3. The van der Waals surface area contributed by atoms with Crippen LogP contribution in [0.2, 0.25) is 0 Å². The third kappa shape index (κ3) is 5.24. The Labute approximate surface area is 191 Å². The molecule has 0 spiro atoms. The van der Waals surface area contributed by atoms with Gasteiger partial charge in [-0.3, -0.25) is 0 Å². The van der Waals surface area contributed by atoms with Gasteiger partial charge in [-0.15, -0.1) is 0 Å². The van der Waals surface area contributed by atoms with Crippen molar-refractivity contribution < 1.29 is 28.7 Å². The maximum absolute atomic E-state index is 11.0. The summed E-state index contributed by atoms with van der Waals surface area (Å²) in [4.78, 5) is 12.5. The minimum absolute atomic E-state index is 0.176. The Morgan fingerprint density at radius 2 is 1.41 bits per heavy atom. The molecule has 1 N–H and O–H groups in total. The molecule has 1 amide bonds. The molecule has 1 saturated carbocycles. The summed E-state index contributed by atoms with van der Waals surface area (Å²) in [5.74, 6) is 0.871. The number of ether oxygens (including phenoxy) is 2. The highest BCUT2D eigenvalue weighted by molar-refractivity contribution is 6.62. The maximum Gasteiger partial charge on any atom is 0.494 e. The van der Waals surface area contributed by atoms with Crippen LogP contribution < -0.4 is 10.2 Å². The third-order valence-corrected chi connectivity index (χ3v) is 7.43. The van der Waals surface area contributed by atoms with E-state index in [1.54, 1.807) is 0 Å². The normalized spacial score (nSPS) is 28.0. The number of amides is 1. The Balaban J connectivity index is 1.21. The molecule has 176 valence electrons. The fraction of sp³-hybridized carbons (Fsp3) is 0.708. The van der Waals surface area contributed by atoms with E-state index in [9.17, 15) is 4.79 Å². The van der Waals surface area contributed by atoms with Gasteiger partial charge >= 0.3 is 13.2 Å². The highest BCUT2D eigenvalue weighted by atomic mass is 16.7. The van der Waals surface area contributed by atoms with E-state index in [-0.39, 0.29) is 36.6 Å². The maximum atomic E-state index is 11.0. The lowest BCUT2D eigenvalue weighted by Gasteiger charge is -2.35. The van der Waals surface area contributed by atoms with Gasteiger partial charge in [-0.25, -0.2) is 4.79 Å². The van der Waals surface area contributed by atoms with E-state index < -0.39 is 6.09 Å². The zero-order valence-corrected chi connectivity index (χ0v) is 19.7. The molecule has 1 aromatic rings. The van der Waals surface area contributed by atoms with E-state index in [2.05, 4.69) is 27.7 Å². The Bertz CT molecular complexity index is 766. The van der Waals surface area contributed by atoms with Gasteiger partial charge in [0.2, 0.25) is 0 Å². The van der Waals surface area contributed by atoms with E-state index in [0.717, 1.165) is 49.7 Å². The molecular weight excluding hydrogens is 409 g/mol. The molecule has 1 aliphatic carbocycles. The van der Waals surface area contributed by atoms with Crippen LogP contribution in [0.1, 0.15) is 66.2 Å². The molecule has 3 aliphatic rings. The standard InChI is InChI=1S/C24H36BNO6/c1-23(2)24(3,4)32-25(31-23)17-5-7-18(8-6-17)29-19-9-11-20(12-10-19)30-21-13-15-26(16-14-21)22(27)28/h5-8,19-21H,9-16H2,1-4H3,(H,27,28). The van der Waals surface area contributed by atoms with Crippen molar-refractivity contribution in [1.29, 1.82) is 0 Å². The molecule has 8 heteroatoms. The number of hydrogen-bond donors (Lipinski definition) is 1. The number of hydrogen-bond acceptors (Lipinski definition) is 5. The van der Waals surface area contributed by atoms with Gasteiger partial charge in [-0.1, -0.05) is 12.1 Å². The summed E-state index contributed by atoms with van der Waals surface area (Å²) < 4.78 is 24.7. The average molecular weight is 445 g/mol. The van der Waals surface area contributed by atoms with Crippen molar-refractivity contribution in [2.24, 2.45) is 0 Å². The summed E-state index contributed by atoms with van der Waals surface area (Å²) in [6, 6.07) is 8.05. The monoisotopic (exact) mass is 445 g/mol. The van der Waals surface area contributed by atoms with Gasteiger partial charge in [0, 0.05) is 13.1 Å². The fourth-order valence-corrected chi connectivity index (χ4v) is 4.62. The first-order valence-electron chi connectivity index (χ1n) is 11.9. The second kappa shape index (κ2) is 9.24. The molecule has 3 fully saturated rings. The van der Waals surface area contributed by atoms with E-state index in [4.69, 9.17) is 23.9 Å². The molecule has 2 aliphatic heterocycles. The number of benzene rings is 1. The van der Waals surface area contributed by atoms with Crippen LogP contribution >= 0.6 is 0 Å². The van der Waals surface area contributed by atoms with Crippen molar-refractivity contribution in [3.63, 3.8) is 0 Å². The van der Waals surface area contributed by atoms with Gasteiger partial charge in [0.15, 0.2) is 0 Å². The van der Waals surface area contributed by atoms with Crippen LogP contribution in [0.15, 0.2) is 24.3 Å². The van der Waals surface area contributed by atoms with Crippen LogP contribution in [0.25, 0.3) is 0 Å². The van der Waals surface area contributed by atoms with Crippen molar-refractivity contribution in [1.82, 2.24) is 4.90 Å². The van der Waals surface area contributed by atoms with Crippen molar-refractivity contribution in [3.8, 4) is 5.75 Å². The number of carbonyl (C=O) groups is 1. The first kappa shape index (κ1) is 23.4. The predicted octanol–water partition coefficient (Wildman–Crippen LogP) is 3.83. The van der Waals surface area contributed by atoms with Crippen LogP contribution in [0.3, 0.4) is 0 Å². The first-order chi connectivity index (χ1) is 15.1. The summed E-state index contributed by atoms with van der Waals surface area (Å²) in [5, 5.41) is 9.07. The van der Waals surface area contributed by atoms with Crippen LogP contribution in [0.4, 0.5) is 4.79 Å². The van der Waals surface area contributed by atoms with Crippen molar-refractivity contribution in [2.45, 2.75) is 95.7 Å². The minimum Gasteiger partial charge on any atom is -0.490 e. The number of nitrogens with zero attached hydrogens (tertiary/aromatic N) is 1. The lowest BCUT2D eigenvalue weighted by atomic mass is 9.79. The summed E-state index contributed by atoms with van der Waals surface area (Å²) in [5.41, 5.74) is 0.309. The SMILES string of the molecule is CC1(C)OB(c2ccc(OC3CCC(OC4CCN(C(=O)O)CC4)CC3)cc2)OC1(C)C. The van der Waals surface area contributed by atoms with Crippen LogP contribution in [0.5, 0.6) is 5.75 Å². The van der Waals surface area contributed by atoms with Crippen molar-refractivity contribution in [2.75, 3.05) is 13.1 Å². The van der Waals surface area contributed by atoms with Gasteiger partial charge in [0.25, 0.3) is 0 Å². The number of rotatable bonds is 5. The van der Waals surface area contributed by atoms with Crippen molar-refractivity contribution >= 4 is 18.7 Å². The molecule has 0 bridgehead atoms. The molecular formula is C24H36BNO6. The largest absolute Gasteiger partial charge is 0.494 e. The quantitative estimate of drug-likeness (QED) is 0.695. The molecule has 1 aromatic carbocycles. The summed E-state index contributed by atoms with van der Waals surface area (Å²) in [6.45, 7) is 9.38. The number of likely N-dealkylation sites (tertiary alicyclic amines) is 1. The Morgan fingerprint density at radius 3 is 1.94 bits per heavy atom. The molecule has 2 saturated heterocycles. The molecule has 2 heterocycles. The average Bonchev–Trinajstić information content (AvgIpc) is 2.97. The van der Waals surface area contributed by atoms with Crippen LogP contribution in [0, 0.1) is 0 Å². The number of carboxylic acid groups (broad SMARTS) is 1.